The maximum absolute atomic E-state index is 12.6. The summed E-state index contributed by atoms with van der Waals surface area (Å²) in [5, 5.41) is 78.4. The van der Waals surface area contributed by atoms with E-state index in [1.165, 1.54) is 72.8 Å². The molecule has 208 valence electrons. The van der Waals surface area contributed by atoms with Gasteiger partial charge in [-0.3, -0.25) is 0 Å². The van der Waals surface area contributed by atoms with Gasteiger partial charge in [-0.25, -0.2) is 4.79 Å². The lowest BCUT2D eigenvalue weighted by Crippen LogP contribution is -2.39. The number of benzene rings is 4. The predicted octanol–water partition coefficient (Wildman–Crippen LogP) is 2.17. The highest BCUT2D eigenvalue weighted by Crippen LogP contribution is 2.26. The minimum atomic E-state index is -0.978. The Hall–Kier alpha value is -6.05. The van der Waals surface area contributed by atoms with Crippen LogP contribution in [0.15, 0.2) is 72.8 Å². The summed E-state index contributed by atoms with van der Waals surface area (Å²) in [6.45, 7) is 1.72. The molecule has 0 aliphatic rings. The molecule has 41 heavy (non-hydrogen) atoms. The number of phenols is 3. The summed E-state index contributed by atoms with van der Waals surface area (Å²) in [7, 11) is 0. The lowest BCUT2D eigenvalue weighted by molar-refractivity contribution is -0.591. The van der Waals surface area contributed by atoms with Crippen LogP contribution in [-0.2, 0) is 4.74 Å². The summed E-state index contributed by atoms with van der Waals surface area (Å²) in [6.07, 6.45) is -0.978. The van der Waals surface area contributed by atoms with Crippen LogP contribution >= 0.6 is 0 Å². The molecular weight excluding hydrogens is 540 g/mol. The van der Waals surface area contributed by atoms with Crippen LogP contribution in [0.2, 0.25) is 0 Å². The molecule has 4 aromatic carbocycles. The van der Waals surface area contributed by atoms with Crippen molar-refractivity contribution in [2.45, 2.75) is 6.92 Å². The van der Waals surface area contributed by atoms with Crippen molar-refractivity contribution in [1.82, 2.24) is 0 Å². The van der Waals surface area contributed by atoms with Gasteiger partial charge in [-0.2, -0.15) is 18.9 Å². The van der Waals surface area contributed by atoms with E-state index in [-0.39, 0.29) is 73.7 Å². The Bertz CT molecular complexity index is 1930. The SMILES string of the molecule is CCOC(=O)Oc1cccc2c1[n+]([O-])c1cccc(O)c1[n+]2[O-].[O-][n+]1c2cccc(O)c2[n+]([O-])c2cccc(O)c21. The zero-order chi connectivity index (χ0) is 29.4. The molecule has 2 aromatic heterocycles. The molecular formula is C27H20N4O10. The molecule has 3 N–H and O–H groups in total. The monoisotopic (exact) mass is 560 g/mol. The zero-order valence-electron chi connectivity index (χ0n) is 21.1. The number of phenolic OH excluding ortho intramolecular Hbond substituents is 3. The van der Waals surface area contributed by atoms with E-state index in [1.54, 1.807) is 6.92 Å². The minimum absolute atomic E-state index is 0.000926. The fourth-order valence-corrected chi connectivity index (χ4v) is 4.35. The molecule has 0 saturated carbocycles. The number of para-hydroxylation sites is 4. The highest BCUT2D eigenvalue weighted by atomic mass is 16.7. The maximum Gasteiger partial charge on any atom is 0.514 e. The van der Waals surface area contributed by atoms with Crippen molar-refractivity contribution in [2.75, 3.05) is 6.61 Å². The number of rotatable bonds is 2. The molecule has 0 unspecified atom stereocenters. The van der Waals surface area contributed by atoms with Crippen LogP contribution in [0, 0.1) is 20.8 Å². The molecule has 2 heterocycles. The molecule has 14 nitrogen and oxygen atoms in total. The molecule has 0 saturated heterocycles. The molecule has 0 aliphatic heterocycles. The Morgan fingerprint density at radius 3 is 1.34 bits per heavy atom. The fraction of sp³-hybridized carbons (Fsp3) is 0.0741. The Kier molecular flexibility index (Phi) is 6.64. The van der Waals surface area contributed by atoms with Crippen LogP contribution in [0.25, 0.3) is 44.1 Å². The Morgan fingerprint density at radius 1 is 0.610 bits per heavy atom. The van der Waals surface area contributed by atoms with E-state index in [2.05, 4.69) is 4.74 Å². The van der Waals surface area contributed by atoms with Crippen LogP contribution in [0.3, 0.4) is 0 Å². The fourth-order valence-electron chi connectivity index (χ4n) is 4.35. The molecule has 6 aromatic rings. The van der Waals surface area contributed by atoms with Gasteiger partial charge in [-0.15, -0.1) is 0 Å². The van der Waals surface area contributed by atoms with Crippen molar-refractivity contribution < 1.29 is 48.5 Å². The van der Waals surface area contributed by atoms with E-state index in [1.807, 2.05) is 0 Å². The first-order chi connectivity index (χ1) is 19.6. The molecule has 0 bridgehead atoms. The lowest BCUT2D eigenvalue weighted by atomic mass is 10.2. The molecule has 0 atom stereocenters. The van der Waals surface area contributed by atoms with Gasteiger partial charge in [-0.05, 0) is 31.2 Å². The van der Waals surface area contributed by atoms with Crippen LogP contribution in [0.1, 0.15) is 6.92 Å². The van der Waals surface area contributed by atoms with Gasteiger partial charge in [0.2, 0.25) is 5.75 Å². The van der Waals surface area contributed by atoms with Gasteiger partial charge in [-0.1, -0.05) is 24.3 Å². The van der Waals surface area contributed by atoms with E-state index in [0.717, 1.165) is 0 Å². The summed E-state index contributed by atoms with van der Waals surface area (Å²) in [4.78, 5) is 11.5. The normalized spacial score (nSPS) is 11.0. The topological polar surface area (TPSA) is 204 Å². The minimum Gasteiger partial charge on any atom is -0.617 e. The number of aromatic hydroxyl groups is 3. The van der Waals surface area contributed by atoms with Crippen LogP contribution in [0.5, 0.6) is 23.0 Å². The second-order valence-corrected chi connectivity index (χ2v) is 8.52. The number of ether oxygens (including phenoxy) is 2. The first-order valence-electron chi connectivity index (χ1n) is 12.0. The van der Waals surface area contributed by atoms with Crippen molar-refractivity contribution in [3.05, 3.63) is 93.6 Å². The first kappa shape index (κ1) is 26.6. The van der Waals surface area contributed by atoms with E-state index in [0.29, 0.717) is 18.9 Å². The molecule has 0 radical (unpaired) electrons. The molecule has 14 heteroatoms. The second-order valence-electron chi connectivity index (χ2n) is 8.52. The van der Waals surface area contributed by atoms with Gasteiger partial charge in [0.15, 0.2) is 17.2 Å². The predicted molar refractivity (Wildman–Crippen MR) is 141 cm³/mol. The average Bonchev–Trinajstić information content (AvgIpc) is 2.95. The highest BCUT2D eigenvalue weighted by molar-refractivity contribution is 5.85. The van der Waals surface area contributed by atoms with Crippen molar-refractivity contribution >= 4 is 50.3 Å². The average molecular weight is 560 g/mol. The third kappa shape index (κ3) is 4.38. The molecule has 0 spiro atoms. The first-order valence-corrected chi connectivity index (χ1v) is 12.0. The molecule has 0 aliphatic carbocycles. The van der Waals surface area contributed by atoms with Crippen LogP contribution < -0.4 is 23.7 Å². The van der Waals surface area contributed by atoms with Gasteiger partial charge in [0, 0.05) is 24.3 Å². The molecule has 6 rings (SSSR count). The third-order valence-electron chi connectivity index (χ3n) is 6.10. The number of hydrogen-bond donors (Lipinski definition) is 3. The summed E-state index contributed by atoms with van der Waals surface area (Å²) >= 11 is 0. The smallest absolute Gasteiger partial charge is 0.514 e. The van der Waals surface area contributed by atoms with Crippen molar-refractivity contribution in [1.29, 1.82) is 0 Å². The van der Waals surface area contributed by atoms with E-state index in [9.17, 15) is 40.9 Å². The van der Waals surface area contributed by atoms with Crippen molar-refractivity contribution in [3.63, 3.8) is 0 Å². The van der Waals surface area contributed by atoms with Crippen molar-refractivity contribution in [3.8, 4) is 23.0 Å². The summed E-state index contributed by atoms with van der Waals surface area (Å²) < 4.78 is 11.4. The molecule has 0 amide bonds. The van der Waals surface area contributed by atoms with Gasteiger partial charge in [0.25, 0.3) is 22.1 Å². The highest BCUT2D eigenvalue weighted by Gasteiger charge is 2.28. The Morgan fingerprint density at radius 2 is 0.951 bits per heavy atom. The maximum atomic E-state index is 12.6. The number of aromatic nitrogens is 4. The largest absolute Gasteiger partial charge is 0.617 e. The van der Waals surface area contributed by atoms with Gasteiger partial charge in [0.05, 0.1) is 6.61 Å². The van der Waals surface area contributed by atoms with E-state index in [4.69, 9.17) is 4.74 Å². The van der Waals surface area contributed by atoms with Gasteiger partial charge in [0.1, 0.15) is 0 Å². The quantitative estimate of drug-likeness (QED) is 0.0925. The lowest BCUT2D eigenvalue weighted by Gasteiger charge is -2.10. The number of fused-ring (bicyclic) bond motifs is 4. The Labute approximate surface area is 229 Å². The number of nitrogens with zero attached hydrogens (tertiary/aromatic N) is 4. The number of carbonyl (C=O) groups is 1. The number of carbonyl (C=O) groups excluding carboxylic acids is 1. The standard InChI is InChI=1S/C15H12N2O6.C12H8N2O4/c1-2-22-15(19)23-12-8-4-6-10-14(12)17(21)9-5-3-7-11(18)13(9)16(10)20;15-9-5-1-3-7-11(9)14(18)8-4-2-6-10(16)12(8)13(7)17/h3-8,18H,2H2,1H3;1-6,15-16H. The van der Waals surface area contributed by atoms with E-state index >= 15 is 0 Å². The van der Waals surface area contributed by atoms with Crippen LogP contribution in [0.4, 0.5) is 4.79 Å². The van der Waals surface area contributed by atoms with Crippen LogP contribution in [-0.4, -0.2) is 28.1 Å². The summed E-state index contributed by atoms with van der Waals surface area (Å²) in [6, 6.07) is 16.7. The van der Waals surface area contributed by atoms with Gasteiger partial charge >= 0.3 is 28.2 Å². The third-order valence-corrected chi connectivity index (χ3v) is 6.10. The second kappa shape index (κ2) is 10.3. The van der Waals surface area contributed by atoms with Gasteiger partial charge < -0.3 is 45.6 Å². The Balaban J connectivity index is 0.000000169. The van der Waals surface area contributed by atoms with E-state index < -0.39 is 6.16 Å². The zero-order valence-corrected chi connectivity index (χ0v) is 21.1. The number of hydrogen-bond acceptors (Lipinski definition) is 10. The molecule has 0 fully saturated rings. The summed E-state index contributed by atoms with van der Waals surface area (Å²) in [5.41, 5.74) is -0.630. The van der Waals surface area contributed by atoms with Crippen molar-refractivity contribution in [2.24, 2.45) is 0 Å². The summed E-state index contributed by atoms with van der Waals surface area (Å²) in [5.74, 6) is -0.985.